The Morgan fingerprint density at radius 2 is 2.12 bits per heavy atom. The lowest BCUT2D eigenvalue weighted by Crippen LogP contribution is -2.57. The molecule has 1 N–H and O–H groups in total. The first kappa shape index (κ1) is 12.1. The molecule has 1 aromatic carbocycles. The van der Waals surface area contributed by atoms with Gasteiger partial charge in [-0.15, -0.1) is 0 Å². The average molecular weight is 297 g/mol. The van der Waals surface area contributed by atoms with Crippen LogP contribution in [0, 0.1) is 6.92 Å². The Hall–Kier alpha value is -1.36. The number of halogens is 1. The van der Waals surface area contributed by atoms with E-state index in [-0.39, 0.29) is 18.4 Å². The van der Waals surface area contributed by atoms with Crippen LogP contribution in [0.3, 0.4) is 0 Å². The van der Waals surface area contributed by atoms with Crippen molar-refractivity contribution in [1.82, 2.24) is 5.32 Å². The van der Waals surface area contributed by atoms with Gasteiger partial charge in [-0.05, 0) is 47.5 Å². The van der Waals surface area contributed by atoms with Crippen molar-refractivity contribution >= 4 is 33.4 Å². The Balaban J connectivity index is 2.43. The number of aryl methyl sites for hydroxylation is 1. The van der Waals surface area contributed by atoms with Gasteiger partial charge < -0.3 is 5.32 Å². The van der Waals surface area contributed by atoms with E-state index in [0.29, 0.717) is 0 Å². The molecule has 1 saturated heterocycles. The predicted octanol–water partition coefficient (Wildman–Crippen LogP) is 1.61. The molecule has 1 heterocycles. The third kappa shape index (κ3) is 2.20. The minimum atomic E-state index is -0.477. The van der Waals surface area contributed by atoms with Gasteiger partial charge in [-0.1, -0.05) is 6.07 Å². The van der Waals surface area contributed by atoms with Gasteiger partial charge in [-0.25, -0.2) is 0 Å². The summed E-state index contributed by atoms with van der Waals surface area (Å²) in [6, 6.07) is 5.23. The van der Waals surface area contributed by atoms with Gasteiger partial charge in [0.2, 0.25) is 11.8 Å². The highest BCUT2D eigenvalue weighted by Gasteiger charge is 2.32. The fourth-order valence-corrected chi connectivity index (χ4v) is 2.56. The molecule has 0 aromatic heterocycles. The number of amides is 2. The second-order valence-corrected chi connectivity index (χ2v) is 4.97. The van der Waals surface area contributed by atoms with Gasteiger partial charge in [-0.2, -0.15) is 0 Å². The zero-order chi connectivity index (χ0) is 12.6. The van der Waals surface area contributed by atoms with Crippen molar-refractivity contribution in [2.75, 3.05) is 11.4 Å². The summed E-state index contributed by atoms with van der Waals surface area (Å²) in [6.07, 6.45) is 0. The van der Waals surface area contributed by atoms with Gasteiger partial charge in [0.1, 0.15) is 6.04 Å². The van der Waals surface area contributed by atoms with E-state index in [4.69, 9.17) is 0 Å². The summed E-state index contributed by atoms with van der Waals surface area (Å²) >= 11 is 3.43. The molecule has 4 nitrogen and oxygen atoms in total. The first-order valence-corrected chi connectivity index (χ1v) is 6.16. The van der Waals surface area contributed by atoms with Crippen molar-refractivity contribution in [1.29, 1.82) is 0 Å². The molecule has 2 amide bonds. The van der Waals surface area contributed by atoms with Crippen molar-refractivity contribution in [3.63, 3.8) is 0 Å². The van der Waals surface area contributed by atoms with Crippen LogP contribution < -0.4 is 10.2 Å². The number of anilines is 1. The molecule has 2 rings (SSSR count). The lowest BCUT2D eigenvalue weighted by Gasteiger charge is -2.33. The summed E-state index contributed by atoms with van der Waals surface area (Å²) < 4.78 is 0.826. The van der Waals surface area contributed by atoms with E-state index in [1.54, 1.807) is 6.92 Å². The number of benzene rings is 1. The molecule has 0 radical (unpaired) electrons. The summed E-state index contributed by atoms with van der Waals surface area (Å²) in [4.78, 5) is 25.0. The van der Waals surface area contributed by atoms with Crippen LogP contribution in [0.1, 0.15) is 12.5 Å². The summed E-state index contributed by atoms with van der Waals surface area (Å²) in [7, 11) is 0. The maximum Gasteiger partial charge on any atom is 0.247 e. The van der Waals surface area contributed by atoms with Crippen molar-refractivity contribution in [2.24, 2.45) is 0 Å². The van der Waals surface area contributed by atoms with E-state index in [2.05, 4.69) is 21.2 Å². The Morgan fingerprint density at radius 1 is 1.41 bits per heavy atom. The monoisotopic (exact) mass is 296 g/mol. The molecule has 0 aliphatic carbocycles. The molecule has 1 aromatic rings. The first-order valence-electron chi connectivity index (χ1n) is 5.36. The zero-order valence-electron chi connectivity index (χ0n) is 9.66. The third-order valence-electron chi connectivity index (χ3n) is 2.81. The molecule has 0 saturated carbocycles. The van der Waals surface area contributed by atoms with E-state index in [0.717, 1.165) is 15.7 Å². The first-order chi connectivity index (χ1) is 8.00. The Labute approximate surface area is 108 Å². The van der Waals surface area contributed by atoms with Crippen LogP contribution in [0.2, 0.25) is 0 Å². The highest BCUT2D eigenvalue weighted by Crippen LogP contribution is 2.29. The maximum atomic E-state index is 11.9. The number of hydrogen-bond acceptors (Lipinski definition) is 2. The summed E-state index contributed by atoms with van der Waals surface area (Å²) in [5.41, 5.74) is 1.84. The molecule has 0 bridgehead atoms. The van der Waals surface area contributed by atoms with Crippen LogP contribution in [0.4, 0.5) is 5.69 Å². The zero-order valence-corrected chi connectivity index (χ0v) is 11.2. The molecule has 1 aliphatic rings. The summed E-state index contributed by atoms with van der Waals surface area (Å²) in [5, 5.41) is 2.57. The van der Waals surface area contributed by atoms with Crippen LogP contribution in [-0.2, 0) is 9.59 Å². The summed E-state index contributed by atoms with van der Waals surface area (Å²) in [6.45, 7) is 3.75. The van der Waals surface area contributed by atoms with Crippen molar-refractivity contribution in [3.8, 4) is 0 Å². The second-order valence-electron chi connectivity index (χ2n) is 4.11. The van der Waals surface area contributed by atoms with Gasteiger partial charge in [0.15, 0.2) is 0 Å². The van der Waals surface area contributed by atoms with E-state index >= 15 is 0 Å². The predicted molar refractivity (Wildman–Crippen MR) is 68.8 cm³/mol. The smallest absolute Gasteiger partial charge is 0.247 e. The molecular formula is C12H13BrN2O2. The van der Waals surface area contributed by atoms with Gasteiger partial charge in [0.25, 0.3) is 0 Å². The highest BCUT2D eigenvalue weighted by atomic mass is 79.9. The quantitative estimate of drug-likeness (QED) is 0.856. The number of rotatable bonds is 1. The number of piperazine rings is 1. The molecule has 90 valence electrons. The van der Waals surface area contributed by atoms with Gasteiger partial charge in [0, 0.05) is 4.47 Å². The van der Waals surface area contributed by atoms with Gasteiger partial charge in [0.05, 0.1) is 12.2 Å². The molecule has 1 atom stereocenters. The second kappa shape index (κ2) is 4.49. The lowest BCUT2D eigenvalue weighted by molar-refractivity contribution is -0.130. The number of nitrogens with zero attached hydrogens (tertiary/aromatic N) is 1. The highest BCUT2D eigenvalue weighted by molar-refractivity contribution is 9.10. The SMILES string of the molecule is Cc1ccc(N2C(=O)CNC(=O)C2C)c(Br)c1. The molecule has 1 aliphatic heterocycles. The Bertz CT molecular complexity index is 487. The Kier molecular flexibility index (Phi) is 3.19. The maximum absolute atomic E-state index is 11.9. The van der Waals surface area contributed by atoms with Crippen molar-refractivity contribution in [3.05, 3.63) is 28.2 Å². The van der Waals surface area contributed by atoms with Crippen molar-refractivity contribution < 1.29 is 9.59 Å². The standard InChI is InChI=1S/C12H13BrN2O2/c1-7-3-4-10(9(13)5-7)15-8(2)12(17)14-6-11(15)16/h3-5,8H,6H2,1-2H3,(H,14,17). The minimum absolute atomic E-state index is 0.0590. The molecule has 17 heavy (non-hydrogen) atoms. The van der Waals surface area contributed by atoms with E-state index in [1.165, 1.54) is 4.90 Å². The Morgan fingerprint density at radius 3 is 2.76 bits per heavy atom. The van der Waals surface area contributed by atoms with Crippen LogP contribution >= 0.6 is 15.9 Å². The molecule has 1 unspecified atom stereocenters. The number of hydrogen-bond donors (Lipinski definition) is 1. The van der Waals surface area contributed by atoms with E-state index in [9.17, 15) is 9.59 Å². The van der Waals surface area contributed by atoms with E-state index in [1.807, 2.05) is 25.1 Å². The normalized spacial score (nSPS) is 20.4. The number of carbonyl (C=O) groups is 2. The third-order valence-corrected chi connectivity index (χ3v) is 3.45. The molecular weight excluding hydrogens is 284 g/mol. The van der Waals surface area contributed by atoms with Crippen LogP contribution in [-0.4, -0.2) is 24.4 Å². The lowest BCUT2D eigenvalue weighted by atomic mass is 10.1. The number of carbonyl (C=O) groups excluding carboxylic acids is 2. The molecule has 0 spiro atoms. The van der Waals surface area contributed by atoms with Crippen LogP contribution in [0.5, 0.6) is 0 Å². The van der Waals surface area contributed by atoms with Gasteiger partial charge >= 0.3 is 0 Å². The molecule has 1 fully saturated rings. The summed E-state index contributed by atoms with van der Waals surface area (Å²) in [5.74, 6) is -0.223. The largest absolute Gasteiger partial charge is 0.345 e. The fraction of sp³-hybridized carbons (Fsp3) is 0.333. The topological polar surface area (TPSA) is 49.4 Å². The average Bonchev–Trinajstić information content (AvgIpc) is 2.27. The van der Waals surface area contributed by atoms with Gasteiger partial charge in [-0.3, -0.25) is 14.5 Å². The number of nitrogens with one attached hydrogen (secondary N) is 1. The fourth-order valence-electron chi connectivity index (χ4n) is 1.88. The van der Waals surface area contributed by atoms with Crippen LogP contribution in [0.15, 0.2) is 22.7 Å². The van der Waals surface area contributed by atoms with E-state index < -0.39 is 6.04 Å². The molecule has 5 heteroatoms. The van der Waals surface area contributed by atoms with Crippen LogP contribution in [0.25, 0.3) is 0 Å². The van der Waals surface area contributed by atoms with Crippen molar-refractivity contribution in [2.45, 2.75) is 19.9 Å². The minimum Gasteiger partial charge on any atom is -0.345 e.